The molecule has 2 N–H and O–H groups in total. The minimum Gasteiger partial charge on any atom is -0.310 e. The maximum Gasteiger partial charge on any atom is 0.231 e. The third-order valence-electron chi connectivity index (χ3n) is 1.90. The van der Waals surface area contributed by atoms with Crippen LogP contribution in [0.25, 0.3) is 0 Å². The zero-order valence-electron chi connectivity index (χ0n) is 8.27. The number of H-pyrrole nitrogens is 1. The number of hydrogen-bond donors (Lipinski definition) is 2. The molecule has 16 heavy (non-hydrogen) atoms. The van der Waals surface area contributed by atoms with Gasteiger partial charge in [-0.2, -0.15) is 5.10 Å². The number of pyridine rings is 1. The molecule has 5 nitrogen and oxygen atoms in total. The molecule has 0 saturated carbocycles. The summed E-state index contributed by atoms with van der Waals surface area (Å²) in [5, 5.41) is 8.94. The Hall–Kier alpha value is -2.24. The molecular weight excluding hydrogens is 211 g/mol. The fourth-order valence-electron chi connectivity index (χ4n) is 1.19. The van der Waals surface area contributed by atoms with Crippen molar-refractivity contribution in [2.24, 2.45) is 0 Å². The summed E-state index contributed by atoms with van der Waals surface area (Å²) in [5.41, 5.74) is 0.708. The van der Waals surface area contributed by atoms with Gasteiger partial charge >= 0.3 is 0 Å². The summed E-state index contributed by atoms with van der Waals surface area (Å²) in [6, 6.07) is 4.34. The second-order valence-corrected chi connectivity index (χ2v) is 3.17. The zero-order valence-corrected chi connectivity index (χ0v) is 8.27. The van der Waals surface area contributed by atoms with Crippen LogP contribution in [0.1, 0.15) is 5.69 Å². The number of hydrogen-bond acceptors (Lipinski definition) is 3. The second kappa shape index (κ2) is 4.52. The number of carbonyl (C=O) groups is 1. The number of nitrogens with zero attached hydrogens (tertiary/aromatic N) is 2. The predicted molar refractivity (Wildman–Crippen MR) is 55.1 cm³/mol. The fourth-order valence-corrected chi connectivity index (χ4v) is 1.19. The van der Waals surface area contributed by atoms with E-state index in [0.29, 0.717) is 11.5 Å². The largest absolute Gasteiger partial charge is 0.310 e. The number of nitrogens with one attached hydrogen (secondary N) is 2. The Kier molecular flexibility index (Phi) is 2.90. The standard InChI is InChI=1S/C10H9FN4O/c11-7-1-2-9(12-6-7)14-10(16)5-8-3-4-13-15-8/h1-4,6H,5H2,(H,13,15)(H,12,14,16). The molecule has 0 unspecified atom stereocenters. The van der Waals surface area contributed by atoms with Crippen LogP contribution in [0.2, 0.25) is 0 Å². The van der Waals surface area contributed by atoms with Gasteiger partial charge in [-0.05, 0) is 18.2 Å². The SMILES string of the molecule is O=C(Cc1ccn[nH]1)Nc1ccc(F)cn1. The van der Waals surface area contributed by atoms with E-state index in [1.54, 1.807) is 12.3 Å². The van der Waals surface area contributed by atoms with Crippen LogP contribution >= 0.6 is 0 Å². The zero-order chi connectivity index (χ0) is 11.4. The summed E-state index contributed by atoms with van der Waals surface area (Å²) in [4.78, 5) is 15.2. The normalized spacial score (nSPS) is 10.1. The Labute approximate surface area is 90.7 Å². The second-order valence-electron chi connectivity index (χ2n) is 3.17. The first-order valence-electron chi connectivity index (χ1n) is 4.64. The molecule has 82 valence electrons. The average molecular weight is 220 g/mol. The summed E-state index contributed by atoms with van der Waals surface area (Å²) in [7, 11) is 0. The van der Waals surface area contributed by atoms with Crippen molar-refractivity contribution in [3.63, 3.8) is 0 Å². The summed E-state index contributed by atoms with van der Waals surface area (Å²) in [6.45, 7) is 0. The molecule has 0 bridgehead atoms. The Morgan fingerprint density at radius 2 is 2.31 bits per heavy atom. The van der Waals surface area contributed by atoms with Crippen molar-refractivity contribution in [2.45, 2.75) is 6.42 Å². The number of amides is 1. The molecule has 2 rings (SSSR count). The highest BCUT2D eigenvalue weighted by Crippen LogP contribution is 2.04. The average Bonchev–Trinajstić information content (AvgIpc) is 2.74. The van der Waals surface area contributed by atoms with Gasteiger partial charge < -0.3 is 5.32 Å². The first kappa shape index (κ1) is 10.3. The Balaban J connectivity index is 1.95. The van der Waals surface area contributed by atoms with Crippen LogP contribution in [-0.4, -0.2) is 21.1 Å². The van der Waals surface area contributed by atoms with Crippen LogP contribution in [0.4, 0.5) is 10.2 Å². The van der Waals surface area contributed by atoms with E-state index in [-0.39, 0.29) is 12.3 Å². The third-order valence-corrected chi connectivity index (χ3v) is 1.90. The van der Waals surface area contributed by atoms with Crippen molar-refractivity contribution in [3.8, 4) is 0 Å². The van der Waals surface area contributed by atoms with Gasteiger partial charge in [0.15, 0.2) is 0 Å². The van der Waals surface area contributed by atoms with E-state index in [1.165, 1.54) is 12.1 Å². The molecule has 0 atom stereocenters. The van der Waals surface area contributed by atoms with E-state index >= 15 is 0 Å². The van der Waals surface area contributed by atoms with Crippen molar-refractivity contribution in [2.75, 3.05) is 5.32 Å². The Morgan fingerprint density at radius 3 is 2.94 bits per heavy atom. The molecule has 0 radical (unpaired) electrons. The van der Waals surface area contributed by atoms with E-state index in [1.807, 2.05) is 0 Å². The van der Waals surface area contributed by atoms with Crippen molar-refractivity contribution in [1.82, 2.24) is 15.2 Å². The molecule has 0 aliphatic rings. The van der Waals surface area contributed by atoms with Crippen molar-refractivity contribution in [1.29, 1.82) is 0 Å². The highest BCUT2D eigenvalue weighted by molar-refractivity contribution is 5.91. The number of halogens is 1. The number of aromatic amines is 1. The van der Waals surface area contributed by atoms with Gasteiger partial charge in [-0.1, -0.05) is 0 Å². The summed E-state index contributed by atoms with van der Waals surface area (Å²) < 4.78 is 12.5. The van der Waals surface area contributed by atoms with Gasteiger partial charge in [0.2, 0.25) is 5.91 Å². The van der Waals surface area contributed by atoms with Gasteiger partial charge in [-0.15, -0.1) is 0 Å². The van der Waals surface area contributed by atoms with E-state index in [4.69, 9.17) is 0 Å². The monoisotopic (exact) mass is 220 g/mol. The van der Waals surface area contributed by atoms with Crippen molar-refractivity contribution >= 4 is 11.7 Å². The lowest BCUT2D eigenvalue weighted by atomic mass is 10.3. The summed E-state index contributed by atoms with van der Waals surface area (Å²) >= 11 is 0. The quantitative estimate of drug-likeness (QED) is 0.814. The van der Waals surface area contributed by atoms with Crippen LogP contribution in [0, 0.1) is 5.82 Å². The molecule has 0 saturated heterocycles. The van der Waals surface area contributed by atoms with E-state index in [2.05, 4.69) is 20.5 Å². The minimum atomic E-state index is -0.438. The lowest BCUT2D eigenvalue weighted by molar-refractivity contribution is -0.115. The molecule has 0 aromatic carbocycles. The first-order valence-corrected chi connectivity index (χ1v) is 4.64. The fraction of sp³-hybridized carbons (Fsp3) is 0.100. The molecule has 0 spiro atoms. The van der Waals surface area contributed by atoms with Gasteiger partial charge in [0.1, 0.15) is 11.6 Å². The number of anilines is 1. The minimum absolute atomic E-state index is 0.180. The van der Waals surface area contributed by atoms with Crippen molar-refractivity contribution in [3.05, 3.63) is 42.1 Å². The lowest BCUT2D eigenvalue weighted by Gasteiger charge is -2.02. The molecule has 2 heterocycles. The van der Waals surface area contributed by atoms with E-state index < -0.39 is 5.82 Å². The van der Waals surface area contributed by atoms with Crippen LogP contribution in [0.3, 0.4) is 0 Å². The highest BCUT2D eigenvalue weighted by Gasteiger charge is 2.05. The van der Waals surface area contributed by atoms with E-state index in [0.717, 1.165) is 6.20 Å². The molecule has 0 fully saturated rings. The van der Waals surface area contributed by atoms with Gasteiger partial charge in [-0.25, -0.2) is 9.37 Å². The van der Waals surface area contributed by atoms with Crippen LogP contribution in [0.15, 0.2) is 30.6 Å². The van der Waals surface area contributed by atoms with E-state index in [9.17, 15) is 9.18 Å². The number of carbonyl (C=O) groups excluding carboxylic acids is 1. The third kappa shape index (κ3) is 2.63. The molecule has 1 amide bonds. The molecule has 0 aliphatic heterocycles. The smallest absolute Gasteiger partial charge is 0.231 e. The molecule has 2 aromatic rings. The van der Waals surface area contributed by atoms with Crippen LogP contribution in [0.5, 0.6) is 0 Å². The maximum atomic E-state index is 12.5. The number of aromatic nitrogens is 3. The summed E-state index contributed by atoms with van der Waals surface area (Å²) in [5.74, 6) is -0.346. The van der Waals surface area contributed by atoms with Gasteiger partial charge in [0, 0.05) is 11.9 Å². The lowest BCUT2D eigenvalue weighted by Crippen LogP contribution is -2.15. The summed E-state index contributed by atoms with van der Waals surface area (Å²) in [6.07, 6.45) is 2.80. The van der Waals surface area contributed by atoms with Crippen LogP contribution in [-0.2, 0) is 11.2 Å². The first-order chi connectivity index (χ1) is 7.74. The highest BCUT2D eigenvalue weighted by atomic mass is 19.1. The van der Waals surface area contributed by atoms with Crippen molar-refractivity contribution < 1.29 is 9.18 Å². The predicted octanol–water partition coefficient (Wildman–Crippen LogP) is 1.12. The Morgan fingerprint density at radius 1 is 1.44 bits per heavy atom. The molecule has 2 aromatic heterocycles. The Bertz CT molecular complexity index is 466. The molecular formula is C10H9FN4O. The van der Waals surface area contributed by atoms with Crippen LogP contribution < -0.4 is 5.32 Å². The van der Waals surface area contributed by atoms with Gasteiger partial charge in [0.05, 0.1) is 12.6 Å². The van der Waals surface area contributed by atoms with Gasteiger partial charge in [-0.3, -0.25) is 9.89 Å². The molecule has 0 aliphatic carbocycles. The van der Waals surface area contributed by atoms with Gasteiger partial charge in [0.25, 0.3) is 0 Å². The molecule has 6 heteroatoms. The topological polar surface area (TPSA) is 70.7 Å². The maximum absolute atomic E-state index is 12.5. The number of rotatable bonds is 3.